The van der Waals surface area contributed by atoms with Crippen molar-refractivity contribution in [2.75, 3.05) is 24.4 Å². The zero-order chi connectivity index (χ0) is 19.8. The normalized spacial score (nSPS) is 10.6. The minimum absolute atomic E-state index is 0.0288. The van der Waals surface area contributed by atoms with Crippen molar-refractivity contribution in [1.82, 2.24) is 0 Å². The van der Waals surface area contributed by atoms with Crippen molar-refractivity contribution in [2.45, 2.75) is 33.7 Å². The minimum Gasteiger partial charge on any atom is -0.493 e. The number of benzene rings is 2. The zero-order valence-corrected chi connectivity index (χ0v) is 17.9. The van der Waals surface area contributed by atoms with Crippen LogP contribution in [0, 0.1) is 5.92 Å². The molecule has 2 N–H and O–H groups in total. The summed E-state index contributed by atoms with van der Waals surface area (Å²) in [6.45, 7) is 7.18. The lowest BCUT2D eigenvalue weighted by Gasteiger charge is -2.14. The highest BCUT2D eigenvalue weighted by Crippen LogP contribution is 2.34. The van der Waals surface area contributed by atoms with Gasteiger partial charge in [-0.1, -0.05) is 35.8 Å². The van der Waals surface area contributed by atoms with Gasteiger partial charge in [0, 0.05) is 28.8 Å². The Morgan fingerprint density at radius 1 is 1.15 bits per heavy atom. The van der Waals surface area contributed by atoms with E-state index in [1.165, 1.54) is 0 Å². The van der Waals surface area contributed by atoms with Crippen molar-refractivity contribution in [1.29, 1.82) is 0 Å². The number of anilines is 2. The first-order valence-electron chi connectivity index (χ1n) is 9.06. The van der Waals surface area contributed by atoms with Crippen LogP contribution in [0.3, 0.4) is 0 Å². The number of halogens is 1. The first-order chi connectivity index (χ1) is 12.9. The summed E-state index contributed by atoms with van der Waals surface area (Å²) in [6.07, 6.45) is 0.510. The van der Waals surface area contributed by atoms with Gasteiger partial charge in [0.05, 0.1) is 13.7 Å². The summed E-state index contributed by atoms with van der Waals surface area (Å²) in [5.74, 6) is 1.77. The Kier molecular flexibility index (Phi) is 7.98. The Morgan fingerprint density at radius 2 is 1.89 bits per heavy atom. The van der Waals surface area contributed by atoms with E-state index >= 15 is 0 Å². The summed E-state index contributed by atoms with van der Waals surface area (Å²) in [6, 6.07) is 11.6. The molecule has 6 heteroatoms. The maximum absolute atomic E-state index is 12.0. The van der Waals surface area contributed by atoms with E-state index in [0.717, 1.165) is 21.4 Å². The van der Waals surface area contributed by atoms with Crippen LogP contribution in [-0.2, 0) is 11.3 Å². The number of carbonyl (C=O) groups excluding carboxylic acids is 1. The molecule has 2 aromatic carbocycles. The van der Waals surface area contributed by atoms with E-state index in [-0.39, 0.29) is 5.91 Å². The van der Waals surface area contributed by atoms with E-state index in [1.54, 1.807) is 7.11 Å². The number of amides is 1. The predicted molar refractivity (Wildman–Crippen MR) is 114 cm³/mol. The lowest BCUT2D eigenvalue weighted by atomic mass is 10.1. The van der Waals surface area contributed by atoms with Crippen molar-refractivity contribution < 1.29 is 14.3 Å². The van der Waals surface area contributed by atoms with E-state index in [2.05, 4.69) is 26.6 Å². The van der Waals surface area contributed by atoms with Crippen molar-refractivity contribution in [3.63, 3.8) is 0 Å². The molecule has 0 radical (unpaired) electrons. The van der Waals surface area contributed by atoms with Crippen molar-refractivity contribution in [3.8, 4) is 11.5 Å². The fourth-order valence-electron chi connectivity index (χ4n) is 2.63. The number of hydrogen-bond acceptors (Lipinski definition) is 4. The Hall–Kier alpha value is -2.21. The molecule has 0 atom stereocenters. The summed E-state index contributed by atoms with van der Waals surface area (Å²) in [4.78, 5) is 12.0. The van der Waals surface area contributed by atoms with E-state index in [4.69, 9.17) is 9.47 Å². The minimum atomic E-state index is 0.0288. The molecule has 0 heterocycles. The molecule has 0 spiro atoms. The number of rotatable bonds is 9. The van der Waals surface area contributed by atoms with Crippen LogP contribution in [0.2, 0.25) is 0 Å². The van der Waals surface area contributed by atoms with Crippen molar-refractivity contribution >= 4 is 33.2 Å². The van der Waals surface area contributed by atoms with Gasteiger partial charge in [0.15, 0.2) is 11.5 Å². The molecule has 1 amide bonds. The van der Waals surface area contributed by atoms with Gasteiger partial charge in [-0.05, 0) is 48.7 Å². The summed E-state index contributed by atoms with van der Waals surface area (Å²) in [5.41, 5.74) is 2.76. The fraction of sp³-hybridized carbons (Fsp3) is 0.381. The van der Waals surface area contributed by atoms with E-state index in [0.29, 0.717) is 37.0 Å². The van der Waals surface area contributed by atoms with E-state index in [9.17, 15) is 4.79 Å². The highest BCUT2D eigenvalue weighted by Gasteiger charge is 2.10. The van der Waals surface area contributed by atoms with Gasteiger partial charge in [-0.15, -0.1) is 0 Å². The van der Waals surface area contributed by atoms with Crippen LogP contribution in [0.15, 0.2) is 40.9 Å². The summed E-state index contributed by atoms with van der Waals surface area (Å²) in [7, 11) is 1.63. The molecule has 0 aliphatic rings. The van der Waals surface area contributed by atoms with Crippen LogP contribution in [-0.4, -0.2) is 19.6 Å². The second-order valence-corrected chi connectivity index (χ2v) is 7.46. The second kappa shape index (κ2) is 10.2. The van der Waals surface area contributed by atoms with Crippen LogP contribution < -0.4 is 20.1 Å². The molecule has 2 aromatic rings. The molecule has 0 saturated carbocycles. The molecular formula is C21H27BrN2O3. The Morgan fingerprint density at radius 3 is 2.56 bits per heavy atom. The maximum Gasteiger partial charge on any atom is 0.224 e. The molecule has 27 heavy (non-hydrogen) atoms. The molecule has 0 aliphatic heterocycles. The molecule has 5 nitrogen and oxygen atoms in total. The quantitative estimate of drug-likeness (QED) is 0.550. The average molecular weight is 435 g/mol. The van der Waals surface area contributed by atoms with Gasteiger partial charge in [0.1, 0.15) is 0 Å². The van der Waals surface area contributed by atoms with Crippen molar-refractivity contribution in [2.24, 2.45) is 5.92 Å². The molecule has 2 rings (SSSR count). The molecule has 0 aromatic heterocycles. The monoisotopic (exact) mass is 434 g/mol. The Balaban J connectivity index is 2.06. The topological polar surface area (TPSA) is 59.6 Å². The third-order valence-corrected chi connectivity index (χ3v) is 4.59. The number of methoxy groups -OCH3 is 1. The first kappa shape index (κ1) is 21.1. The van der Waals surface area contributed by atoms with Gasteiger partial charge in [-0.25, -0.2) is 0 Å². The number of hydrogen-bond donors (Lipinski definition) is 2. The number of ether oxygens (including phenoxy) is 2. The van der Waals surface area contributed by atoms with E-state index < -0.39 is 0 Å². The zero-order valence-electron chi connectivity index (χ0n) is 16.3. The third kappa shape index (κ3) is 6.47. The molecule has 0 unspecified atom stereocenters. The van der Waals surface area contributed by atoms with Gasteiger partial charge in [-0.2, -0.15) is 0 Å². The lowest BCUT2D eigenvalue weighted by Crippen LogP contribution is -2.13. The summed E-state index contributed by atoms with van der Waals surface area (Å²) >= 11 is 3.59. The number of carbonyl (C=O) groups is 1. The van der Waals surface area contributed by atoms with Gasteiger partial charge in [0.25, 0.3) is 0 Å². The third-order valence-electron chi connectivity index (χ3n) is 3.86. The Bertz CT molecular complexity index is 778. The molecule has 0 aliphatic carbocycles. The fourth-order valence-corrected chi connectivity index (χ4v) is 3.09. The summed E-state index contributed by atoms with van der Waals surface area (Å²) in [5, 5.41) is 6.32. The van der Waals surface area contributed by atoms with Gasteiger partial charge in [0.2, 0.25) is 5.91 Å². The smallest absolute Gasteiger partial charge is 0.224 e. The lowest BCUT2D eigenvalue weighted by molar-refractivity contribution is -0.116. The average Bonchev–Trinajstić information content (AvgIpc) is 2.61. The van der Waals surface area contributed by atoms with Crippen LogP contribution in [0.5, 0.6) is 11.5 Å². The predicted octanol–water partition coefficient (Wildman–Crippen LogP) is 5.45. The number of nitrogens with one attached hydrogen (secondary N) is 2. The van der Waals surface area contributed by atoms with Gasteiger partial charge in [-0.3, -0.25) is 4.79 Å². The second-order valence-electron chi connectivity index (χ2n) is 6.61. The van der Waals surface area contributed by atoms with Crippen molar-refractivity contribution in [3.05, 3.63) is 46.4 Å². The Labute approximate surface area is 169 Å². The summed E-state index contributed by atoms with van der Waals surface area (Å²) < 4.78 is 12.0. The van der Waals surface area contributed by atoms with Crippen LogP contribution in [0.25, 0.3) is 0 Å². The highest BCUT2D eigenvalue weighted by atomic mass is 79.9. The van der Waals surface area contributed by atoms with Crippen LogP contribution in [0.4, 0.5) is 11.4 Å². The molecule has 0 fully saturated rings. The SMILES string of the molecule is CCOc1cc(Br)c(CNc2cccc(NC(=O)CC(C)C)c2)cc1OC. The largest absolute Gasteiger partial charge is 0.493 e. The molecule has 146 valence electrons. The first-order valence-corrected chi connectivity index (χ1v) is 9.85. The van der Waals surface area contributed by atoms with Gasteiger partial charge < -0.3 is 20.1 Å². The molecule has 0 bridgehead atoms. The molecule has 0 saturated heterocycles. The molecular weight excluding hydrogens is 408 g/mol. The van der Waals surface area contributed by atoms with Crippen LogP contribution >= 0.6 is 15.9 Å². The van der Waals surface area contributed by atoms with Gasteiger partial charge >= 0.3 is 0 Å². The standard InChI is InChI=1S/C21H27BrN2O3/c1-5-27-20-12-18(22)15(10-19(20)26-4)13-23-16-7-6-8-17(11-16)24-21(25)9-14(2)3/h6-8,10-12,14,23H,5,9,13H2,1-4H3,(H,24,25). The highest BCUT2D eigenvalue weighted by molar-refractivity contribution is 9.10. The van der Waals surface area contributed by atoms with Crippen LogP contribution in [0.1, 0.15) is 32.8 Å². The maximum atomic E-state index is 12.0. The van der Waals surface area contributed by atoms with E-state index in [1.807, 2.05) is 57.2 Å².